The summed E-state index contributed by atoms with van der Waals surface area (Å²) in [5, 5.41) is 16.5. The van der Waals surface area contributed by atoms with E-state index in [0.29, 0.717) is 11.4 Å². The Morgan fingerprint density at radius 1 is 1.07 bits per heavy atom. The molecule has 29 heavy (non-hydrogen) atoms. The summed E-state index contributed by atoms with van der Waals surface area (Å²) in [7, 11) is 0. The molecule has 2 aromatic carbocycles. The molecule has 0 aliphatic carbocycles. The maximum atomic E-state index is 12.6. The lowest BCUT2D eigenvalue weighted by Gasteiger charge is -2.13. The van der Waals surface area contributed by atoms with Gasteiger partial charge in [0.05, 0.1) is 11.6 Å². The third-order valence-electron chi connectivity index (χ3n) is 4.73. The summed E-state index contributed by atoms with van der Waals surface area (Å²) in [6, 6.07) is 16.7. The van der Waals surface area contributed by atoms with Crippen molar-refractivity contribution in [3.8, 4) is 5.69 Å². The van der Waals surface area contributed by atoms with Crippen LogP contribution in [0, 0.1) is 6.92 Å². The van der Waals surface area contributed by atoms with Crippen LogP contribution in [0.25, 0.3) is 5.69 Å². The average Bonchev–Trinajstić information content (AvgIpc) is 3.10. The van der Waals surface area contributed by atoms with E-state index in [4.69, 9.17) is 0 Å². The Bertz CT molecular complexity index is 1010. The molecule has 0 saturated heterocycles. The molecule has 2 N–H and O–H groups in total. The van der Waals surface area contributed by atoms with Gasteiger partial charge in [0, 0.05) is 6.54 Å². The Labute approximate surface area is 169 Å². The van der Waals surface area contributed by atoms with E-state index in [9.17, 15) is 14.7 Å². The number of hydrogen-bond acceptors (Lipinski definition) is 4. The van der Waals surface area contributed by atoms with Crippen LogP contribution >= 0.6 is 0 Å². The number of amides is 1. The number of benzene rings is 2. The van der Waals surface area contributed by atoms with Crippen LogP contribution in [0.1, 0.15) is 53.3 Å². The zero-order valence-corrected chi connectivity index (χ0v) is 16.7. The molecule has 1 unspecified atom stereocenters. The molecule has 0 spiro atoms. The van der Waals surface area contributed by atoms with Crippen molar-refractivity contribution >= 4 is 11.9 Å². The van der Waals surface area contributed by atoms with Gasteiger partial charge in [0.15, 0.2) is 0 Å². The number of aryl methyl sites for hydroxylation is 1. The first-order chi connectivity index (χ1) is 13.9. The van der Waals surface area contributed by atoms with Crippen LogP contribution in [-0.2, 0) is 4.79 Å². The van der Waals surface area contributed by atoms with Gasteiger partial charge in [-0.05, 0) is 30.0 Å². The standard InChI is InChI=1S/C22H24N4O3/c1-14(2)17-11-7-8-12-19(17)26-15(3)24-20(25-26)21(27)23-13-18(22(28)29)16-9-5-4-6-10-16/h4-12,14,18H,13H2,1-3H3,(H,23,27)(H,28,29). The number of aliphatic carboxylic acids is 1. The maximum absolute atomic E-state index is 12.6. The normalized spacial score (nSPS) is 12.0. The Kier molecular flexibility index (Phi) is 6.07. The van der Waals surface area contributed by atoms with Crippen LogP contribution < -0.4 is 5.32 Å². The summed E-state index contributed by atoms with van der Waals surface area (Å²) in [6.45, 7) is 5.92. The smallest absolute Gasteiger partial charge is 0.312 e. The van der Waals surface area contributed by atoms with E-state index < -0.39 is 17.8 Å². The van der Waals surface area contributed by atoms with Gasteiger partial charge in [-0.25, -0.2) is 9.67 Å². The van der Waals surface area contributed by atoms with Crippen molar-refractivity contribution in [1.29, 1.82) is 0 Å². The second-order valence-electron chi connectivity index (χ2n) is 7.12. The Hall–Kier alpha value is -3.48. The number of aromatic nitrogens is 3. The molecule has 0 radical (unpaired) electrons. The molecule has 0 bridgehead atoms. The molecule has 0 fully saturated rings. The highest BCUT2D eigenvalue weighted by Crippen LogP contribution is 2.23. The lowest BCUT2D eigenvalue weighted by atomic mass is 9.99. The number of nitrogens with zero attached hydrogens (tertiary/aromatic N) is 3. The third kappa shape index (κ3) is 4.51. The third-order valence-corrected chi connectivity index (χ3v) is 4.73. The molecule has 3 aromatic rings. The van der Waals surface area contributed by atoms with E-state index in [-0.39, 0.29) is 18.3 Å². The molecule has 3 rings (SSSR count). The molecule has 0 aliphatic heterocycles. The number of rotatable bonds is 7. The van der Waals surface area contributed by atoms with Gasteiger partial charge in [0.25, 0.3) is 5.91 Å². The molecule has 0 saturated carbocycles. The number of carbonyl (C=O) groups excluding carboxylic acids is 1. The molecule has 1 aromatic heterocycles. The van der Waals surface area contributed by atoms with Crippen molar-refractivity contribution in [2.24, 2.45) is 0 Å². The highest BCUT2D eigenvalue weighted by molar-refractivity contribution is 5.91. The molecule has 7 nitrogen and oxygen atoms in total. The van der Waals surface area contributed by atoms with E-state index in [1.54, 1.807) is 35.9 Å². The lowest BCUT2D eigenvalue weighted by Crippen LogP contribution is -2.32. The summed E-state index contributed by atoms with van der Waals surface area (Å²) in [5.41, 5.74) is 2.60. The van der Waals surface area contributed by atoms with Gasteiger partial charge in [-0.15, -0.1) is 5.10 Å². The van der Waals surface area contributed by atoms with Crippen LogP contribution in [0.4, 0.5) is 0 Å². The number of nitrogens with one attached hydrogen (secondary N) is 1. The fourth-order valence-electron chi connectivity index (χ4n) is 3.19. The van der Waals surface area contributed by atoms with Crippen molar-refractivity contribution < 1.29 is 14.7 Å². The van der Waals surface area contributed by atoms with Crippen LogP contribution in [0.3, 0.4) is 0 Å². The number of para-hydroxylation sites is 1. The van der Waals surface area contributed by atoms with Crippen molar-refractivity contribution in [3.05, 3.63) is 77.4 Å². The van der Waals surface area contributed by atoms with Gasteiger partial charge in [-0.3, -0.25) is 9.59 Å². The van der Waals surface area contributed by atoms with E-state index >= 15 is 0 Å². The Balaban J connectivity index is 1.79. The summed E-state index contributed by atoms with van der Waals surface area (Å²) < 4.78 is 1.65. The average molecular weight is 392 g/mol. The van der Waals surface area contributed by atoms with Crippen molar-refractivity contribution in [2.45, 2.75) is 32.6 Å². The number of hydrogen-bond donors (Lipinski definition) is 2. The number of carboxylic acids is 1. The summed E-state index contributed by atoms with van der Waals surface area (Å²) in [6.07, 6.45) is 0. The fraction of sp³-hybridized carbons (Fsp3) is 0.273. The van der Waals surface area contributed by atoms with Crippen molar-refractivity contribution in [2.75, 3.05) is 6.54 Å². The highest BCUT2D eigenvalue weighted by Gasteiger charge is 2.23. The minimum Gasteiger partial charge on any atom is -0.481 e. The second kappa shape index (κ2) is 8.68. The fourth-order valence-corrected chi connectivity index (χ4v) is 3.19. The molecule has 1 amide bonds. The van der Waals surface area contributed by atoms with Gasteiger partial charge < -0.3 is 10.4 Å². The van der Waals surface area contributed by atoms with Gasteiger partial charge in [0.2, 0.25) is 5.82 Å². The van der Waals surface area contributed by atoms with Gasteiger partial charge in [0.1, 0.15) is 5.82 Å². The summed E-state index contributed by atoms with van der Waals surface area (Å²) in [4.78, 5) is 28.5. The number of carbonyl (C=O) groups is 2. The zero-order chi connectivity index (χ0) is 21.0. The molecular formula is C22H24N4O3. The molecule has 0 aliphatic rings. The quantitative estimate of drug-likeness (QED) is 0.643. The first-order valence-corrected chi connectivity index (χ1v) is 9.47. The summed E-state index contributed by atoms with van der Waals surface area (Å²) >= 11 is 0. The van der Waals surface area contributed by atoms with Crippen molar-refractivity contribution in [1.82, 2.24) is 20.1 Å². The zero-order valence-electron chi connectivity index (χ0n) is 16.7. The predicted molar refractivity (Wildman–Crippen MR) is 109 cm³/mol. The van der Waals surface area contributed by atoms with Gasteiger partial charge in [-0.2, -0.15) is 0 Å². The van der Waals surface area contributed by atoms with E-state index in [1.807, 2.05) is 30.3 Å². The van der Waals surface area contributed by atoms with Crippen LogP contribution in [-0.4, -0.2) is 38.3 Å². The second-order valence-corrected chi connectivity index (χ2v) is 7.12. The largest absolute Gasteiger partial charge is 0.481 e. The molecule has 150 valence electrons. The minimum atomic E-state index is -1.00. The SMILES string of the molecule is Cc1nc(C(=O)NCC(C(=O)O)c2ccccc2)nn1-c1ccccc1C(C)C. The van der Waals surface area contributed by atoms with Gasteiger partial charge in [-0.1, -0.05) is 62.4 Å². The topological polar surface area (TPSA) is 97.1 Å². The Morgan fingerprint density at radius 3 is 2.38 bits per heavy atom. The monoisotopic (exact) mass is 392 g/mol. The maximum Gasteiger partial charge on any atom is 0.312 e. The van der Waals surface area contributed by atoms with E-state index in [1.165, 1.54) is 0 Å². The minimum absolute atomic E-state index is 0.0123. The molecular weight excluding hydrogens is 368 g/mol. The first-order valence-electron chi connectivity index (χ1n) is 9.47. The number of carboxylic acid groups (broad SMARTS) is 1. The molecule has 1 atom stereocenters. The lowest BCUT2D eigenvalue weighted by molar-refractivity contribution is -0.138. The highest BCUT2D eigenvalue weighted by atomic mass is 16.4. The molecule has 1 heterocycles. The summed E-state index contributed by atoms with van der Waals surface area (Å²) in [5.74, 6) is -1.47. The van der Waals surface area contributed by atoms with E-state index in [2.05, 4.69) is 29.2 Å². The van der Waals surface area contributed by atoms with Crippen LogP contribution in [0.5, 0.6) is 0 Å². The van der Waals surface area contributed by atoms with Crippen molar-refractivity contribution in [3.63, 3.8) is 0 Å². The van der Waals surface area contributed by atoms with Gasteiger partial charge >= 0.3 is 5.97 Å². The van der Waals surface area contributed by atoms with Crippen LogP contribution in [0.15, 0.2) is 54.6 Å². The predicted octanol–water partition coefficient (Wildman–Crippen LogP) is 3.30. The van der Waals surface area contributed by atoms with E-state index in [0.717, 1.165) is 11.3 Å². The Morgan fingerprint density at radius 2 is 1.72 bits per heavy atom. The first kappa shape index (κ1) is 20.3. The molecule has 7 heteroatoms. The van der Waals surface area contributed by atoms with Crippen LogP contribution in [0.2, 0.25) is 0 Å².